The van der Waals surface area contributed by atoms with Gasteiger partial charge < -0.3 is 4.52 Å². The maximum atomic E-state index is 10.7. The maximum absolute atomic E-state index is 10.7. The number of hydrogen-bond donors (Lipinski definition) is 0. The second kappa shape index (κ2) is 2.07. The normalized spacial score (nSPS) is 9.20. The molecular formula is C5H3BN2O2. The zero-order valence-corrected chi connectivity index (χ0v) is 5.29. The highest BCUT2D eigenvalue weighted by atomic mass is 16.5. The molecule has 1 rings (SSSR count). The first kappa shape index (κ1) is 6.68. The lowest BCUT2D eigenvalue weighted by atomic mass is 9.98. The van der Waals surface area contributed by atoms with Gasteiger partial charge in [-0.05, 0) is 0 Å². The second-order valence-corrected chi connectivity index (χ2v) is 1.75. The second-order valence-electron chi connectivity index (χ2n) is 1.75. The first-order valence-corrected chi connectivity index (χ1v) is 2.52. The molecule has 0 atom stereocenters. The van der Waals surface area contributed by atoms with Crippen molar-refractivity contribution >= 4 is 13.3 Å². The number of aromatic nitrogens is 1. The van der Waals surface area contributed by atoms with Gasteiger partial charge in [0.25, 0.3) is 5.56 Å². The number of rotatable bonds is 0. The summed E-state index contributed by atoms with van der Waals surface area (Å²) in [7, 11) is 6.55. The molecule has 0 bridgehead atoms. The first-order valence-electron chi connectivity index (χ1n) is 2.52. The van der Waals surface area contributed by atoms with Gasteiger partial charge in [0.05, 0.1) is 0 Å². The fourth-order valence-electron chi connectivity index (χ4n) is 0.575. The Hall–Kier alpha value is -1.44. The lowest BCUT2D eigenvalue weighted by Gasteiger charge is -1.79. The molecule has 0 saturated heterocycles. The summed E-state index contributed by atoms with van der Waals surface area (Å²) < 4.78 is 5.52. The molecule has 5 heteroatoms. The van der Waals surface area contributed by atoms with Crippen LogP contribution in [0, 0.1) is 11.3 Å². The van der Waals surface area contributed by atoms with E-state index >= 15 is 0 Å². The highest BCUT2D eigenvalue weighted by Gasteiger charge is 2.07. The fourth-order valence-corrected chi connectivity index (χ4v) is 0.575. The largest absolute Gasteiger partial charge is 0.366 e. The van der Waals surface area contributed by atoms with Gasteiger partial charge in [-0.15, -0.1) is 0 Å². The molecule has 0 spiro atoms. The van der Waals surface area contributed by atoms with Crippen molar-refractivity contribution in [1.82, 2.24) is 4.74 Å². The van der Waals surface area contributed by atoms with Crippen molar-refractivity contribution in [3.05, 3.63) is 16.1 Å². The highest BCUT2D eigenvalue weighted by Crippen LogP contribution is 1.85. The maximum Gasteiger partial charge on any atom is 0.276 e. The third kappa shape index (κ3) is 0.741. The molecule has 0 amide bonds. The predicted octanol–water partition coefficient (Wildman–Crippen LogP) is -1.36. The SMILES string of the molecule is [B]c1c(C#N)on(C)c1=O. The lowest BCUT2D eigenvalue weighted by molar-refractivity contribution is 0.291. The van der Waals surface area contributed by atoms with Crippen molar-refractivity contribution in [1.29, 1.82) is 5.26 Å². The van der Waals surface area contributed by atoms with E-state index in [1.165, 1.54) is 7.05 Å². The van der Waals surface area contributed by atoms with Crippen LogP contribution in [-0.4, -0.2) is 12.6 Å². The van der Waals surface area contributed by atoms with Crippen LogP contribution in [0.1, 0.15) is 5.76 Å². The Bertz CT molecular complexity index is 344. The van der Waals surface area contributed by atoms with Gasteiger partial charge in [-0.1, -0.05) is 0 Å². The van der Waals surface area contributed by atoms with Crippen LogP contribution in [0.3, 0.4) is 0 Å². The average Bonchev–Trinajstić information content (AvgIpc) is 2.17. The third-order valence-electron chi connectivity index (χ3n) is 1.09. The van der Waals surface area contributed by atoms with Crippen LogP contribution < -0.4 is 11.0 Å². The summed E-state index contributed by atoms with van der Waals surface area (Å²) in [6.45, 7) is 0. The van der Waals surface area contributed by atoms with E-state index < -0.39 is 5.56 Å². The minimum Gasteiger partial charge on any atom is -0.366 e. The van der Waals surface area contributed by atoms with Crippen LogP contribution in [0.25, 0.3) is 0 Å². The Morgan fingerprint density at radius 1 is 1.80 bits per heavy atom. The molecule has 0 N–H and O–H groups in total. The van der Waals surface area contributed by atoms with Crippen LogP contribution in [0.15, 0.2) is 9.32 Å². The molecule has 4 nitrogen and oxygen atoms in total. The average molecular weight is 134 g/mol. The Balaban J connectivity index is 3.50. The van der Waals surface area contributed by atoms with Gasteiger partial charge >= 0.3 is 0 Å². The van der Waals surface area contributed by atoms with Gasteiger partial charge in [0.2, 0.25) is 5.76 Å². The summed E-state index contributed by atoms with van der Waals surface area (Å²) >= 11 is 0. The lowest BCUT2D eigenvalue weighted by Crippen LogP contribution is -2.27. The zero-order chi connectivity index (χ0) is 7.72. The van der Waals surface area contributed by atoms with Gasteiger partial charge in [0.1, 0.15) is 13.9 Å². The molecule has 48 valence electrons. The Kier molecular flexibility index (Phi) is 1.38. The van der Waals surface area contributed by atoms with E-state index in [2.05, 4.69) is 4.52 Å². The molecule has 2 radical (unpaired) electrons. The summed E-state index contributed by atoms with van der Waals surface area (Å²) in [5, 5.41) is 8.28. The molecule has 1 heterocycles. The summed E-state index contributed by atoms with van der Waals surface area (Å²) in [5.74, 6) is -0.132. The van der Waals surface area contributed by atoms with E-state index in [0.29, 0.717) is 0 Å². The molecule has 0 fully saturated rings. The monoisotopic (exact) mass is 134 g/mol. The van der Waals surface area contributed by atoms with Crippen LogP contribution in [-0.2, 0) is 7.05 Å². The van der Waals surface area contributed by atoms with E-state index in [1.54, 1.807) is 6.07 Å². The van der Waals surface area contributed by atoms with Gasteiger partial charge in [-0.25, -0.2) is 0 Å². The molecule has 0 saturated carbocycles. The summed E-state index contributed by atoms with van der Waals surface area (Å²) in [6.07, 6.45) is 0. The molecule has 10 heavy (non-hydrogen) atoms. The van der Waals surface area contributed by atoms with Gasteiger partial charge in [-0.2, -0.15) is 10.0 Å². The summed E-state index contributed by atoms with van der Waals surface area (Å²) in [4.78, 5) is 10.7. The van der Waals surface area contributed by atoms with Crippen molar-refractivity contribution in [2.45, 2.75) is 0 Å². The molecule has 0 aliphatic heterocycles. The smallest absolute Gasteiger partial charge is 0.276 e. The molecule has 1 aromatic heterocycles. The Labute approximate surface area is 58.0 Å². The predicted molar refractivity (Wildman–Crippen MR) is 34.1 cm³/mol. The van der Waals surface area contributed by atoms with E-state index in [0.717, 1.165) is 4.74 Å². The van der Waals surface area contributed by atoms with Crippen LogP contribution in [0.2, 0.25) is 0 Å². The Morgan fingerprint density at radius 2 is 2.40 bits per heavy atom. The van der Waals surface area contributed by atoms with Crippen LogP contribution in [0.4, 0.5) is 0 Å². The molecule has 0 aromatic carbocycles. The number of nitrogens with zero attached hydrogens (tertiary/aromatic N) is 2. The van der Waals surface area contributed by atoms with Gasteiger partial charge in [0, 0.05) is 12.5 Å². The first-order chi connectivity index (χ1) is 4.66. The number of hydrogen-bond acceptors (Lipinski definition) is 3. The molecule has 0 aliphatic carbocycles. The van der Waals surface area contributed by atoms with E-state index in [4.69, 9.17) is 13.1 Å². The van der Waals surface area contributed by atoms with Gasteiger partial charge in [-0.3, -0.25) is 4.79 Å². The Morgan fingerprint density at radius 3 is 2.60 bits per heavy atom. The van der Waals surface area contributed by atoms with Gasteiger partial charge in [0.15, 0.2) is 0 Å². The van der Waals surface area contributed by atoms with E-state index in [1.807, 2.05) is 0 Å². The van der Waals surface area contributed by atoms with Crippen molar-refractivity contribution in [2.24, 2.45) is 7.05 Å². The van der Waals surface area contributed by atoms with Crippen molar-refractivity contribution < 1.29 is 4.52 Å². The topological polar surface area (TPSA) is 58.9 Å². The summed E-state index contributed by atoms with van der Waals surface area (Å²) in [6, 6.07) is 1.64. The summed E-state index contributed by atoms with van der Waals surface area (Å²) in [5.41, 5.74) is -0.610. The minimum atomic E-state index is -0.475. The molecule has 1 aromatic rings. The standard InChI is InChI=1S/C5H3BN2O2/c1-8-5(9)4(6)3(2-7)10-8/h1H3. The van der Waals surface area contributed by atoms with Crippen molar-refractivity contribution in [3.8, 4) is 6.07 Å². The molecule has 0 aliphatic rings. The van der Waals surface area contributed by atoms with Crippen molar-refractivity contribution in [2.75, 3.05) is 0 Å². The van der Waals surface area contributed by atoms with Crippen LogP contribution in [0.5, 0.6) is 0 Å². The molecular weight excluding hydrogens is 131 g/mol. The number of nitriles is 1. The van der Waals surface area contributed by atoms with Crippen molar-refractivity contribution in [3.63, 3.8) is 0 Å². The fraction of sp³-hybridized carbons (Fsp3) is 0.200. The minimum absolute atomic E-state index is 0.132. The van der Waals surface area contributed by atoms with E-state index in [9.17, 15) is 4.79 Å². The quantitative estimate of drug-likeness (QED) is 0.412. The van der Waals surface area contributed by atoms with Crippen LogP contribution >= 0.6 is 0 Å². The zero-order valence-electron chi connectivity index (χ0n) is 5.29. The molecule has 0 unspecified atom stereocenters. The third-order valence-corrected chi connectivity index (χ3v) is 1.09. The number of aryl methyl sites for hydroxylation is 1. The highest BCUT2D eigenvalue weighted by molar-refractivity contribution is 6.33. The van der Waals surface area contributed by atoms with E-state index in [-0.39, 0.29) is 11.2 Å².